The van der Waals surface area contributed by atoms with Gasteiger partial charge in [0, 0.05) is 6.54 Å². The summed E-state index contributed by atoms with van der Waals surface area (Å²) in [7, 11) is 0. The number of hydrogen-bond donors (Lipinski definition) is 1. The van der Waals surface area contributed by atoms with Crippen molar-refractivity contribution in [2.75, 3.05) is 0 Å². The Balaban J connectivity index is 2.30. The van der Waals surface area contributed by atoms with Crippen LogP contribution >= 0.6 is 11.3 Å². The van der Waals surface area contributed by atoms with Gasteiger partial charge in [-0.15, -0.1) is 0 Å². The highest BCUT2D eigenvalue weighted by atomic mass is 32.1. The van der Waals surface area contributed by atoms with Gasteiger partial charge in [-0.2, -0.15) is 11.3 Å². The summed E-state index contributed by atoms with van der Waals surface area (Å²) in [6.07, 6.45) is 1.30. The maximum atomic E-state index is 12.9. The van der Waals surface area contributed by atoms with Crippen LogP contribution in [0.1, 0.15) is 46.1 Å². The lowest BCUT2D eigenvalue weighted by molar-refractivity contribution is -0.155. The molecule has 2 atom stereocenters. The molecule has 0 aliphatic carbocycles. The first-order valence-electron chi connectivity index (χ1n) is 7.51. The van der Waals surface area contributed by atoms with E-state index in [0.717, 1.165) is 5.56 Å². The van der Waals surface area contributed by atoms with Crippen LogP contribution < -0.4 is 5.32 Å². The fraction of sp³-hybridized carbons (Fsp3) is 0.625. The average Bonchev–Trinajstić information content (AvgIpc) is 2.92. The SMILES string of the molecule is CCC1(C)NC(=O)C(CC(C)C)N(Cc2ccsc2)C1=O. The third kappa shape index (κ3) is 3.28. The van der Waals surface area contributed by atoms with E-state index >= 15 is 0 Å². The first kappa shape index (κ1) is 16.0. The quantitative estimate of drug-likeness (QED) is 0.909. The van der Waals surface area contributed by atoms with Crippen molar-refractivity contribution in [2.45, 2.75) is 58.7 Å². The lowest BCUT2D eigenvalue weighted by Crippen LogP contribution is -2.68. The highest BCUT2D eigenvalue weighted by Crippen LogP contribution is 2.27. The predicted molar refractivity (Wildman–Crippen MR) is 85.0 cm³/mol. The van der Waals surface area contributed by atoms with E-state index in [-0.39, 0.29) is 17.9 Å². The van der Waals surface area contributed by atoms with Gasteiger partial charge in [0.25, 0.3) is 0 Å². The Hall–Kier alpha value is -1.36. The molecule has 1 saturated heterocycles. The molecular weight excluding hydrogens is 284 g/mol. The predicted octanol–water partition coefficient (Wildman–Crippen LogP) is 2.79. The zero-order valence-electron chi connectivity index (χ0n) is 13.2. The Morgan fingerprint density at radius 2 is 2.14 bits per heavy atom. The summed E-state index contributed by atoms with van der Waals surface area (Å²) in [4.78, 5) is 27.1. The molecule has 1 aromatic heterocycles. The lowest BCUT2D eigenvalue weighted by Gasteiger charge is -2.44. The van der Waals surface area contributed by atoms with Crippen molar-refractivity contribution in [3.8, 4) is 0 Å². The van der Waals surface area contributed by atoms with E-state index in [4.69, 9.17) is 0 Å². The van der Waals surface area contributed by atoms with Crippen LogP contribution in [0.25, 0.3) is 0 Å². The first-order chi connectivity index (χ1) is 9.87. The number of amides is 2. The third-order valence-corrected chi connectivity index (χ3v) is 4.88. The van der Waals surface area contributed by atoms with Crippen molar-refractivity contribution < 1.29 is 9.59 Å². The summed E-state index contributed by atoms with van der Waals surface area (Å²) in [6.45, 7) is 8.42. The van der Waals surface area contributed by atoms with E-state index in [1.54, 1.807) is 16.2 Å². The summed E-state index contributed by atoms with van der Waals surface area (Å²) >= 11 is 1.61. The van der Waals surface area contributed by atoms with Crippen LogP contribution in [0.4, 0.5) is 0 Å². The lowest BCUT2D eigenvalue weighted by atomic mass is 9.89. The molecule has 2 rings (SSSR count). The topological polar surface area (TPSA) is 49.4 Å². The smallest absolute Gasteiger partial charge is 0.249 e. The molecule has 5 heteroatoms. The van der Waals surface area contributed by atoms with Crippen LogP contribution in [-0.2, 0) is 16.1 Å². The van der Waals surface area contributed by atoms with E-state index < -0.39 is 5.54 Å². The number of piperazine rings is 1. The summed E-state index contributed by atoms with van der Waals surface area (Å²) in [5, 5.41) is 6.97. The highest BCUT2D eigenvalue weighted by molar-refractivity contribution is 7.07. The monoisotopic (exact) mass is 308 g/mol. The van der Waals surface area contributed by atoms with E-state index in [1.165, 1.54) is 0 Å². The summed E-state index contributed by atoms with van der Waals surface area (Å²) in [6, 6.07) is 1.65. The molecule has 2 heterocycles. The van der Waals surface area contributed by atoms with Crippen molar-refractivity contribution in [2.24, 2.45) is 5.92 Å². The molecular formula is C16H24N2O2S. The van der Waals surface area contributed by atoms with Crippen molar-refractivity contribution in [1.82, 2.24) is 10.2 Å². The standard InChI is InChI=1S/C16H24N2O2S/c1-5-16(4)15(20)18(9-12-6-7-21-10-12)13(8-11(2)3)14(19)17-16/h6-7,10-11,13H,5,8-9H2,1-4H3,(H,17,19). The van der Waals surface area contributed by atoms with E-state index in [2.05, 4.69) is 19.2 Å². The van der Waals surface area contributed by atoms with Crippen molar-refractivity contribution in [3.05, 3.63) is 22.4 Å². The number of thiophene rings is 1. The molecule has 2 unspecified atom stereocenters. The van der Waals surface area contributed by atoms with Gasteiger partial charge < -0.3 is 10.2 Å². The van der Waals surface area contributed by atoms with Crippen LogP contribution in [0, 0.1) is 5.92 Å². The van der Waals surface area contributed by atoms with Gasteiger partial charge in [0.15, 0.2) is 0 Å². The number of hydrogen-bond acceptors (Lipinski definition) is 3. The second-order valence-electron chi connectivity index (χ2n) is 6.38. The van der Waals surface area contributed by atoms with Gasteiger partial charge in [0.05, 0.1) is 0 Å². The van der Waals surface area contributed by atoms with Crippen molar-refractivity contribution in [3.63, 3.8) is 0 Å². The summed E-state index contributed by atoms with van der Waals surface area (Å²) in [5.74, 6) is 0.369. The largest absolute Gasteiger partial charge is 0.340 e. The minimum Gasteiger partial charge on any atom is -0.340 e. The van der Waals surface area contributed by atoms with Gasteiger partial charge in [-0.05, 0) is 48.1 Å². The number of carbonyl (C=O) groups is 2. The second kappa shape index (κ2) is 6.18. The molecule has 21 heavy (non-hydrogen) atoms. The Labute approximate surface area is 130 Å². The normalized spacial score (nSPS) is 26.3. The van der Waals surface area contributed by atoms with Gasteiger partial charge in [-0.25, -0.2) is 0 Å². The summed E-state index contributed by atoms with van der Waals surface area (Å²) < 4.78 is 0. The molecule has 1 fully saturated rings. The number of rotatable bonds is 5. The number of nitrogens with one attached hydrogen (secondary N) is 1. The Morgan fingerprint density at radius 3 is 2.67 bits per heavy atom. The molecule has 1 aliphatic heterocycles. The molecule has 1 aromatic rings. The molecule has 0 bridgehead atoms. The third-order valence-electron chi connectivity index (χ3n) is 4.15. The van der Waals surface area contributed by atoms with E-state index in [0.29, 0.717) is 25.3 Å². The van der Waals surface area contributed by atoms with Gasteiger partial charge in [-0.3, -0.25) is 9.59 Å². The van der Waals surface area contributed by atoms with Crippen LogP contribution in [0.5, 0.6) is 0 Å². The summed E-state index contributed by atoms with van der Waals surface area (Å²) in [5.41, 5.74) is 0.316. The molecule has 0 radical (unpaired) electrons. The molecule has 0 saturated carbocycles. The van der Waals surface area contributed by atoms with Gasteiger partial charge in [0.2, 0.25) is 11.8 Å². The molecule has 1 N–H and O–H groups in total. The van der Waals surface area contributed by atoms with Crippen LogP contribution in [0.2, 0.25) is 0 Å². The number of nitrogens with zero attached hydrogens (tertiary/aromatic N) is 1. The molecule has 2 amide bonds. The molecule has 0 spiro atoms. The van der Waals surface area contributed by atoms with Gasteiger partial charge in [0.1, 0.15) is 11.6 Å². The maximum absolute atomic E-state index is 12.9. The van der Waals surface area contributed by atoms with Crippen LogP contribution in [0.15, 0.2) is 16.8 Å². The van der Waals surface area contributed by atoms with Gasteiger partial charge in [-0.1, -0.05) is 20.8 Å². The molecule has 1 aliphatic rings. The van der Waals surface area contributed by atoms with E-state index in [9.17, 15) is 9.59 Å². The van der Waals surface area contributed by atoms with Crippen molar-refractivity contribution >= 4 is 23.2 Å². The molecule has 116 valence electrons. The Bertz CT molecular complexity index is 512. The second-order valence-corrected chi connectivity index (χ2v) is 7.16. The minimum atomic E-state index is -0.777. The minimum absolute atomic E-state index is 0.0251. The molecule has 0 aromatic carbocycles. The average molecular weight is 308 g/mol. The highest BCUT2D eigenvalue weighted by Gasteiger charge is 2.46. The van der Waals surface area contributed by atoms with E-state index in [1.807, 2.05) is 30.7 Å². The fourth-order valence-corrected chi connectivity index (χ4v) is 3.35. The van der Waals surface area contributed by atoms with Crippen LogP contribution in [-0.4, -0.2) is 28.3 Å². The molecule has 4 nitrogen and oxygen atoms in total. The number of carbonyl (C=O) groups excluding carboxylic acids is 2. The fourth-order valence-electron chi connectivity index (χ4n) is 2.69. The zero-order chi connectivity index (χ0) is 15.6. The Kier molecular flexibility index (Phi) is 4.71. The Morgan fingerprint density at radius 1 is 1.43 bits per heavy atom. The van der Waals surface area contributed by atoms with Crippen molar-refractivity contribution in [1.29, 1.82) is 0 Å². The maximum Gasteiger partial charge on any atom is 0.249 e. The first-order valence-corrected chi connectivity index (χ1v) is 8.46. The van der Waals surface area contributed by atoms with Crippen LogP contribution in [0.3, 0.4) is 0 Å². The zero-order valence-corrected chi connectivity index (χ0v) is 14.0. The van der Waals surface area contributed by atoms with Gasteiger partial charge >= 0.3 is 0 Å².